The summed E-state index contributed by atoms with van der Waals surface area (Å²) in [7, 11) is -3.55. The Kier molecular flexibility index (Phi) is 3.80. The van der Waals surface area contributed by atoms with Crippen molar-refractivity contribution in [1.82, 2.24) is 14.9 Å². The Balaban J connectivity index is 2.27. The smallest absolute Gasteiger partial charge is 0.244 e. The fourth-order valence-electron chi connectivity index (χ4n) is 1.97. The first-order chi connectivity index (χ1) is 8.81. The Morgan fingerprint density at radius 1 is 1.32 bits per heavy atom. The van der Waals surface area contributed by atoms with Crippen molar-refractivity contribution in [3.8, 4) is 0 Å². The predicted octanol–water partition coefficient (Wildman–Crippen LogP) is 2.44. The molecule has 0 spiro atoms. The molecule has 1 unspecified atom stereocenters. The lowest BCUT2D eigenvalue weighted by Gasteiger charge is -2.12. The maximum atomic E-state index is 12.4. The molecule has 0 radical (unpaired) electrons. The van der Waals surface area contributed by atoms with Crippen molar-refractivity contribution >= 4 is 21.4 Å². The van der Waals surface area contributed by atoms with Crippen molar-refractivity contribution in [2.45, 2.75) is 38.6 Å². The SMILES string of the molecule is Cc1ccc(C(C)NS(=O)(=O)c2c(C)n[nH]c2C)s1. The molecule has 5 nitrogen and oxygen atoms in total. The van der Waals surface area contributed by atoms with Crippen molar-refractivity contribution in [1.29, 1.82) is 0 Å². The normalized spacial score (nSPS) is 13.7. The molecule has 0 saturated carbocycles. The van der Waals surface area contributed by atoms with Crippen LogP contribution in [0.1, 0.15) is 34.1 Å². The van der Waals surface area contributed by atoms with Gasteiger partial charge in [0.05, 0.1) is 17.4 Å². The number of aromatic amines is 1. The van der Waals surface area contributed by atoms with Crippen LogP contribution in [0.25, 0.3) is 0 Å². The maximum Gasteiger partial charge on any atom is 0.244 e. The minimum atomic E-state index is -3.55. The third-order valence-corrected chi connectivity index (χ3v) is 5.84. The standard InChI is InChI=1S/C12H17N3O2S2/c1-7-5-6-11(18-7)8(2)15-19(16,17)12-9(3)13-14-10(12)4/h5-6,8,15H,1-4H3,(H,13,14). The van der Waals surface area contributed by atoms with Crippen molar-refractivity contribution < 1.29 is 8.42 Å². The first-order valence-electron chi connectivity index (χ1n) is 5.91. The van der Waals surface area contributed by atoms with Crippen LogP contribution in [0.5, 0.6) is 0 Å². The van der Waals surface area contributed by atoms with Gasteiger partial charge in [-0.2, -0.15) is 5.10 Å². The maximum absolute atomic E-state index is 12.4. The number of nitrogens with zero attached hydrogens (tertiary/aromatic N) is 1. The van der Waals surface area contributed by atoms with Gasteiger partial charge in [-0.05, 0) is 39.8 Å². The second-order valence-electron chi connectivity index (χ2n) is 4.55. The minimum absolute atomic E-state index is 0.243. The minimum Gasteiger partial charge on any atom is -0.281 e. The van der Waals surface area contributed by atoms with Crippen LogP contribution in [0.2, 0.25) is 0 Å². The van der Waals surface area contributed by atoms with Crippen LogP contribution < -0.4 is 4.72 Å². The summed E-state index contributed by atoms with van der Waals surface area (Å²) in [6.45, 7) is 7.22. The molecule has 19 heavy (non-hydrogen) atoms. The number of aryl methyl sites for hydroxylation is 3. The number of rotatable bonds is 4. The monoisotopic (exact) mass is 299 g/mol. The van der Waals surface area contributed by atoms with E-state index >= 15 is 0 Å². The molecule has 1 atom stereocenters. The largest absolute Gasteiger partial charge is 0.281 e. The molecular formula is C12H17N3O2S2. The summed E-state index contributed by atoms with van der Waals surface area (Å²) in [5.74, 6) is 0. The van der Waals surface area contributed by atoms with Crippen LogP contribution in [-0.4, -0.2) is 18.6 Å². The van der Waals surface area contributed by atoms with Gasteiger partial charge in [0.15, 0.2) is 0 Å². The average molecular weight is 299 g/mol. The van der Waals surface area contributed by atoms with Crippen molar-refractivity contribution in [3.63, 3.8) is 0 Å². The van der Waals surface area contributed by atoms with E-state index in [2.05, 4.69) is 14.9 Å². The van der Waals surface area contributed by atoms with E-state index in [4.69, 9.17) is 0 Å². The summed E-state index contributed by atoms with van der Waals surface area (Å²) in [6, 6.07) is 3.68. The second-order valence-corrected chi connectivity index (χ2v) is 7.52. The summed E-state index contributed by atoms with van der Waals surface area (Å²) in [5, 5.41) is 6.62. The van der Waals surface area contributed by atoms with Crippen LogP contribution >= 0.6 is 11.3 Å². The molecule has 2 N–H and O–H groups in total. The number of nitrogens with one attached hydrogen (secondary N) is 2. The Labute approximate surface area is 117 Å². The molecule has 0 aromatic carbocycles. The van der Waals surface area contributed by atoms with Crippen LogP contribution in [0.4, 0.5) is 0 Å². The van der Waals surface area contributed by atoms with E-state index in [9.17, 15) is 8.42 Å². The molecule has 0 aliphatic heterocycles. The molecule has 0 bridgehead atoms. The van der Waals surface area contributed by atoms with Crippen LogP contribution in [-0.2, 0) is 10.0 Å². The zero-order valence-corrected chi connectivity index (χ0v) is 12.9. The van der Waals surface area contributed by atoms with E-state index < -0.39 is 10.0 Å². The van der Waals surface area contributed by atoms with Gasteiger partial charge in [0.2, 0.25) is 10.0 Å². The summed E-state index contributed by atoms with van der Waals surface area (Å²) in [5.41, 5.74) is 1.04. The highest BCUT2D eigenvalue weighted by Gasteiger charge is 2.24. The van der Waals surface area contributed by atoms with Gasteiger partial charge in [-0.15, -0.1) is 11.3 Å². The first-order valence-corrected chi connectivity index (χ1v) is 8.21. The quantitative estimate of drug-likeness (QED) is 0.910. The van der Waals surface area contributed by atoms with Crippen molar-refractivity contribution in [2.24, 2.45) is 0 Å². The van der Waals surface area contributed by atoms with Gasteiger partial charge in [0, 0.05) is 9.75 Å². The summed E-state index contributed by atoms with van der Waals surface area (Å²) in [6.07, 6.45) is 0. The fraction of sp³-hybridized carbons (Fsp3) is 0.417. The topological polar surface area (TPSA) is 74.8 Å². The Bertz CT molecular complexity index is 666. The van der Waals surface area contributed by atoms with Crippen molar-refractivity contribution in [2.75, 3.05) is 0 Å². The van der Waals surface area contributed by atoms with Crippen LogP contribution in [0.3, 0.4) is 0 Å². The molecule has 2 aromatic rings. The molecule has 0 fully saturated rings. The number of thiophene rings is 1. The molecule has 2 rings (SSSR count). The molecule has 104 valence electrons. The average Bonchev–Trinajstić information content (AvgIpc) is 2.85. The lowest BCUT2D eigenvalue weighted by atomic mass is 10.3. The molecule has 2 heterocycles. The Morgan fingerprint density at radius 3 is 2.47 bits per heavy atom. The highest BCUT2D eigenvalue weighted by molar-refractivity contribution is 7.89. The Hall–Kier alpha value is -1.18. The van der Waals surface area contributed by atoms with E-state index in [1.807, 2.05) is 26.0 Å². The number of hydrogen-bond donors (Lipinski definition) is 2. The third kappa shape index (κ3) is 2.88. The third-order valence-electron chi connectivity index (χ3n) is 2.85. The van der Waals surface area contributed by atoms with Crippen LogP contribution in [0, 0.1) is 20.8 Å². The molecule has 0 aliphatic rings. The Morgan fingerprint density at radius 2 is 2.00 bits per heavy atom. The number of aromatic nitrogens is 2. The van der Waals surface area contributed by atoms with Gasteiger partial charge in [-0.25, -0.2) is 13.1 Å². The first kappa shape index (κ1) is 14.2. The summed E-state index contributed by atoms with van der Waals surface area (Å²) in [4.78, 5) is 2.41. The molecule has 2 aromatic heterocycles. The molecule has 0 amide bonds. The number of H-pyrrole nitrogens is 1. The van der Waals surface area contributed by atoms with E-state index in [-0.39, 0.29) is 10.9 Å². The second kappa shape index (κ2) is 5.07. The van der Waals surface area contributed by atoms with E-state index in [1.54, 1.807) is 25.2 Å². The highest BCUT2D eigenvalue weighted by Crippen LogP contribution is 2.25. The van der Waals surface area contributed by atoms with Gasteiger partial charge in [-0.1, -0.05) is 0 Å². The molecule has 0 aliphatic carbocycles. The molecule has 7 heteroatoms. The molecule has 0 saturated heterocycles. The van der Waals surface area contributed by atoms with E-state index in [1.165, 1.54) is 0 Å². The zero-order valence-electron chi connectivity index (χ0n) is 11.3. The molecular weight excluding hydrogens is 282 g/mol. The van der Waals surface area contributed by atoms with Gasteiger partial charge in [0.1, 0.15) is 4.90 Å². The van der Waals surface area contributed by atoms with Gasteiger partial charge >= 0.3 is 0 Å². The van der Waals surface area contributed by atoms with Crippen LogP contribution in [0.15, 0.2) is 17.0 Å². The van der Waals surface area contributed by atoms with E-state index in [0.717, 1.165) is 9.75 Å². The van der Waals surface area contributed by atoms with Gasteiger partial charge in [0.25, 0.3) is 0 Å². The summed E-state index contributed by atoms with van der Waals surface area (Å²) < 4.78 is 27.4. The number of sulfonamides is 1. The highest BCUT2D eigenvalue weighted by atomic mass is 32.2. The summed E-state index contributed by atoms with van der Waals surface area (Å²) >= 11 is 1.59. The lowest BCUT2D eigenvalue weighted by molar-refractivity contribution is 0.567. The van der Waals surface area contributed by atoms with Crippen molar-refractivity contribution in [3.05, 3.63) is 33.3 Å². The predicted molar refractivity (Wildman–Crippen MR) is 75.9 cm³/mol. The van der Waals surface area contributed by atoms with Gasteiger partial charge in [-0.3, -0.25) is 5.10 Å². The van der Waals surface area contributed by atoms with E-state index in [0.29, 0.717) is 11.4 Å². The zero-order chi connectivity index (χ0) is 14.2. The fourth-order valence-corrected chi connectivity index (χ4v) is 4.52. The van der Waals surface area contributed by atoms with Gasteiger partial charge < -0.3 is 0 Å². The number of hydrogen-bond acceptors (Lipinski definition) is 4. The lowest BCUT2D eigenvalue weighted by Crippen LogP contribution is -2.27.